The summed E-state index contributed by atoms with van der Waals surface area (Å²) >= 11 is 0. The van der Waals surface area contributed by atoms with Crippen molar-refractivity contribution >= 4 is 17.9 Å². The summed E-state index contributed by atoms with van der Waals surface area (Å²) < 4.78 is 68.6. The van der Waals surface area contributed by atoms with E-state index < -0.39 is 61.4 Å². The minimum absolute atomic E-state index is 0.398. The Morgan fingerprint density at radius 2 is 1.46 bits per heavy atom. The second-order valence-electron chi connectivity index (χ2n) is 6.86. The molecule has 0 aromatic rings. The standard InChI is InChI=1S/C18H26F4O6/c1-3-12(2)14(23)26-9-10-27-15(24)17(19,20)11-18(21,22)16(25)28-13-7-5-4-6-8-13/h12-13H,3-11H2,1-2H3. The number of carbonyl (C=O) groups excluding carboxylic acids is 3. The van der Waals surface area contributed by atoms with Crippen LogP contribution in [0.2, 0.25) is 0 Å². The van der Waals surface area contributed by atoms with Crippen LogP contribution >= 0.6 is 0 Å². The largest absolute Gasteiger partial charge is 0.462 e. The zero-order chi connectivity index (χ0) is 21.4. The van der Waals surface area contributed by atoms with E-state index in [1.54, 1.807) is 13.8 Å². The second-order valence-corrected chi connectivity index (χ2v) is 6.86. The molecule has 1 unspecified atom stereocenters. The first-order chi connectivity index (χ1) is 13.0. The number of hydrogen-bond donors (Lipinski definition) is 0. The molecule has 10 heteroatoms. The first-order valence-electron chi connectivity index (χ1n) is 9.30. The highest BCUT2D eigenvalue weighted by atomic mass is 19.3. The average molecular weight is 414 g/mol. The van der Waals surface area contributed by atoms with E-state index in [0.717, 1.165) is 6.42 Å². The van der Waals surface area contributed by atoms with Crippen LogP contribution in [0.25, 0.3) is 0 Å². The van der Waals surface area contributed by atoms with E-state index in [0.29, 0.717) is 32.1 Å². The molecule has 6 nitrogen and oxygen atoms in total. The van der Waals surface area contributed by atoms with Crippen LogP contribution in [-0.2, 0) is 28.6 Å². The van der Waals surface area contributed by atoms with E-state index in [2.05, 4.69) is 9.47 Å². The highest BCUT2D eigenvalue weighted by Gasteiger charge is 2.55. The maximum atomic E-state index is 13.8. The Kier molecular flexibility index (Phi) is 9.16. The number of rotatable bonds is 10. The molecule has 0 bridgehead atoms. The fourth-order valence-electron chi connectivity index (χ4n) is 2.53. The van der Waals surface area contributed by atoms with Crippen molar-refractivity contribution < 1.29 is 46.2 Å². The average Bonchev–Trinajstić information content (AvgIpc) is 2.64. The Balaban J connectivity index is 2.47. The molecule has 28 heavy (non-hydrogen) atoms. The normalized spacial score (nSPS) is 16.9. The van der Waals surface area contributed by atoms with Gasteiger partial charge in [-0.15, -0.1) is 0 Å². The maximum absolute atomic E-state index is 13.8. The summed E-state index contributed by atoms with van der Waals surface area (Å²) in [7, 11) is 0. The lowest BCUT2D eigenvalue weighted by Gasteiger charge is -2.25. The van der Waals surface area contributed by atoms with Crippen LogP contribution in [0.4, 0.5) is 17.6 Å². The van der Waals surface area contributed by atoms with Gasteiger partial charge >= 0.3 is 29.8 Å². The van der Waals surface area contributed by atoms with Crippen LogP contribution < -0.4 is 0 Å². The van der Waals surface area contributed by atoms with Crippen molar-refractivity contribution in [3.05, 3.63) is 0 Å². The summed E-state index contributed by atoms with van der Waals surface area (Å²) in [4.78, 5) is 34.3. The Bertz CT molecular complexity index is 546. The molecule has 1 rings (SSSR count). The van der Waals surface area contributed by atoms with E-state index in [-0.39, 0.29) is 0 Å². The summed E-state index contributed by atoms with van der Waals surface area (Å²) in [6.45, 7) is 2.14. The monoisotopic (exact) mass is 414 g/mol. The van der Waals surface area contributed by atoms with Crippen molar-refractivity contribution in [1.29, 1.82) is 0 Å². The van der Waals surface area contributed by atoms with Gasteiger partial charge < -0.3 is 14.2 Å². The van der Waals surface area contributed by atoms with Crippen molar-refractivity contribution in [2.75, 3.05) is 13.2 Å². The third kappa shape index (κ3) is 7.63. The van der Waals surface area contributed by atoms with E-state index in [1.165, 1.54) is 0 Å². The van der Waals surface area contributed by atoms with Gasteiger partial charge in [-0.05, 0) is 32.1 Å². The second kappa shape index (κ2) is 10.6. The lowest BCUT2D eigenvalue weighted by Crippen LogP contribution is -2.43. The number of ether oxygens (including phenoxy) is 3. The van der Waals surface area contributed by atoms with E-state index in [1.807, 2.05) is 0 Å². The fourth-order valence-corrected chi connectivity index (χ4v) is 2.53. The molecule has 1 saturated carbocycles. The predicted octanol–water partition coefficient (Wildman–Crippen LogP) is 3.66. The molecule has 1 aliphatic rings. The summed E-state index contributed by atoms with van der Waals surface area (Å²) in [5.74, 6) is -14.4. The Morgan fingerprint density at radius 3 is 2.04 bits per heavy atom. The Labute approximate surface area is 160 Å². The lowest BCUT2D eigenvalue weighted by atomic mass is 9.98. The minimum Gasteiger partial charge on any atom is -0.462 e. The SMILES string of the molecule is CCC(C)C(=O)OCCOC(=O)C(F)(F)CC(F)(F)C(=O)OC1CCCCC1. The van der Waals surface area contributed by atoms with Gasteiger partial charge in [-0.25, -0.2) is 9.59 Å². The highest BCUT2D eigenvalue weighted by molar-refractivity contribution is 5.82. The smallest absolute Gasteiger partial charge is 0.377 e. The van der Waals surface area contributed by atoms with Crippen molar-refractivity contribution in [1.82, 2.24) is 0 Å². The Morgan fingerprint density at radius 1 is 0.929 bits per heavy atom. The molecule has 1 atom stereocenters. The number of esters is 3. The van der Waals surface area contributed by atoms with Gasteiger partial charge in [0, 0.05) is 0 Å². The molecule has 0 amide bonds. The Hall–Kier alpha value is -1.87. The predicted molar refractivity (Wildman–Crippen MR) is 88.8 cm³/mol. The van der Waals surface area contributed by atoms with Crippen LogP contribution in [-0.4, -0.2) is 49.1 Å². The van der Waals surface area contributed by atoms with Crippen LogP contribution in [0.1, 0.15) is 58.8 Å². The summed E-state index contributed by atoms with van der Waals surface area (Å²) in [6.07, 6.45) is 0.515. The molecular weight excluding hydrogens is 388 g/mol. The molecule has 0 aromatic heterocycles. The van der Waals surface area contributed by atoms with Gasteiger partial charge in [0.1, 0.15) is 19.3 Å². The number of alkyl halides is 4. The number of hydrogen-bond acceptors (Lipinski definition) is 6. The van der Waals surface area contributed by atoms with Gasteiger partial charge in [0.2, 0.25) is 0 Å². The van der Waals surface area contributed by atoms with Gasteiger partial charge in [-0.3, -0.25) is 4.79 Å². The van der Waals surface area contributed by atoms with Crippen molar-refractivity contribution in [2.45, 2.75) is 76.7 Å². The van der Waals surface area contributed by atoms with Crippen molar-refractivity contribution in [3.8, 4) is 0 Å². The molecule has 1 aliphatic carbocycles. The third-order valence-electron chi connectivity index (χ3n) is 4.44. The third-order valence-corrected chi connectivity index (χ3v) is 4.44. The van der Waals surface area contributed by atoms with E-state index >= 15 is 0 Å². The van der Waals surface area contributed by atoms with Crippen LogP contribution in [0.3, 0.4) is 0 Å². The zero-order valence-corrected chi connectivity index (χ0v) is 16.0. The minimum atomic E-state index is -4.60. The fraction of sp³-hybridized carbons (Fsp3) is 0.833. The molecule has 0 aliphatic heterocycles. The van der Waals surface area contributed by atoms with Gasteiger partial charge in [0.05, 0.1) is 12.3 Å². The van der Waals surface area contributed by atoms with Gasteiger partial charge in [-0.2, -0.15) is 17.6 Å². The number of halogens is 4. The molecule has 0 radical (unpaired) electrons. The quantitative estimate of drug-likeness (QED) is 0.235. The van der Waals surface area contributed by atoms with Crippen molar-refractivity contribution in [3.63, 3.8) is 0 Å². The molecular formula is C18H26F4O6. The first-order valence-corrected chi connectivity index (χ1v) is 9.30. The van der Waals surface area contributed by atoms with Crippen LogP contribution in [0, 0.1) is 5.92 Å². The molecule has 1 fully saturated rings. The van der Waals surface area contributed by atoms with Crippen LogP contribution in [0.15, 0.2) is 0 Å². The highest BCUT2D eigenvalue weighted by Crippen LogP contribution is 2.34. The molecule has 0 saturated heterocycles. The lowest BCUT2D eigenvalue weighted by molar-refractivity contribution is -0.200. The van der Waals surface area contributed by atoms with E-state index in [4.69, 9.17) is 4.74 Å². The summed E-state index contributed by atoms with van der Waals surface area (Å²) in [5, 5.41) is 0. The molecule has 0 aromatic carbocycles. The van der Waals surface area contributed by atoms with E-state index in [9.17, 15) is 31.9 Å². The topological polar surface area (TPSA) is 78.9 Å². The van der Waals surface area contributed by atoms with Crippen LogP contribution in [0.5, 0.6) is 0 Å². The maximum Gasteiger partial charge on any atom is 0.377 e. The van der Waals surface area contributed by atoms with Gasteiger partial charge in [-0.1, -0.05) is 20.3 Å². The van der Waals surface area contributed by atoms with Gasteiger partial charge in [0.25, 0.3) is 0 Å². The van der Waals surface area contributed by atoms with Gasteiger partial charge in [0.15, 0.2) is 0 Å². The molecule has 0 N–H and O–H groups in total. The molecule has 0 heterocycles. The number of carbonyl (C=O) groups is 3. The summed E-state index contributed by atoms with van der Waals surface area (Å²) in [5.41, 5.74) is 0. The molecule has 0 spiro atoms. The molecule has 162 valence electrons. The van der Waals surface area contributed by atoms with Crippen molar-refractivity contribution in [2.24, 2.45) is 5.92 Å². The summed E-state index contributed by atoms with van der Waals surface area (Å²) in [6, 6.07) is 0. The zero-order valence-electron chi connectivity index (χ0n) is 16.0. The first kappa shape index (κ1) is 24.2.